The average Bonchev–Trinajstić information content (AvgIpc) is 2.89. The fraction of sp³-hybridized carbons (Fsp3) is 0.167. The van der Waals surface area contributed by atoms with Gasteiger partial charge in [-0.25, -0.2) is 0 Å². The van der Waals surface area contributed by atoms with Crippen LogP contribution in [0.15, 0.2) is 42.5 Å². The molecule has 0 aliphatic carbocycles. The number of nitrogens with one attached hydrogen (secondary N) is 2. The smallest absolute Gasteiger partial charge is 0.269 e. The Balaban J connectivity index is 1.82. The van der Waals surface area contributed by atoms with Gasteiger partial charge < -0.3 is 15.0 Å². The Morgan fingerprint density at radius 2 is 2.04 bits per heavy atom. The van der Waals surface area contributed by atoms with E-state index in [1.54, 1.807) is 7.11 Å². The summed E-state index contributed by atoms with van der Waals surface area (Å²) in [5, 5.41) is 4.17. The number of benzene rings is 2. The van der Waals surface area contributed by atoms with Crippen molar-refractivity contribution in [2.45, 2.75) is 13.5 Å². The van der Waals surface area contributed by atoms with Crippen LogP contribution in [-0.4, -0.2) is 18.0 Å². The molecule has 118 valence electrons. The van der Waals surface area contributed by atoms with Gasteiger partial charge in [-0.05, 0) is 25.1 Å². The summed E-state index contributed by atoms with van der Waals surface area (Å²) in [7, 11) is 1.61. The highest BCUT2D eigenvalue weighted by atomic mass is 35.5. The molecule has 0 bridgehead atoms. The molecule has 4 nitrogen and oxygen atoms in total. The maximum Gasteiger partial charge on any atom is 0.269 e. The van der Waals surface area contributed by atoms with E-state index in [-0.39, 0.29) is 5.91 Å². The zero-order valence-corrected chi connectivity index (χ0v) is 13.7. The van der Waals surface area contributed by atoms with Gasteiger partial charge in [0.25, 0.3) is 5.91 Å². The van der Waals surface area contributed by atoms with Crippen molar-refractivity contribution in [3.63, 3.8) is 0 Å². The van der Waals surface area contributed by atoms with Gasteiger partial charge in [-0.2, -0.15) is 0 Å². The molecule has 2 N–H and O–H groups in total. The van der Waals surface area contributed by atoms with E-state index in [1.165, 1.54) is 0 Å². The lowest BCUT2D eigenvalue weighted by Gasteiger charge is -2.09. The Morgan fingerprint density at radius 1 is 1.26 bits per heavy atom. The van der Waals surface area contributed by atoms with Crippen LogP contribution in [0.5, 0.6) is 5.75 Å². The number of ether oxygens (including phenoxy) is 1. The second-order valence-electron chi connectivity index (χ2n) is 5.36. The number of H-pyrrole nitrogens is 1. The lowest BCUT2D eigenvalue weighted by molar-refractivity contribution is 0.0946. The molecule has 2 aromatic carbocycles. The number of aromatic nitrogens is 1. The highest BCUT2D eigenvalue weighted by Crippen LogP contribution is 2.28. The topological polar surface area (TPSA) is 54.1 Å². The molecule has 3 aromatic rings. The highest BCUT2D eigenvalue weighted by Gasteiger charge is 2.16. The molecule has 1 heterocycles. The summed E-state index contributed by atoms with van der Waals surface area (Å²) in [5.74, 6) is 0.501. The van der Waals surface area contributed by atoms with Crippen LogP contribution in [0.3, 0.4) is 0 Å². The van der Waals surface area contributed by atoms with Crippen LogP contribution in [0.1, 0.15) is 21.6 Å². The number of carbonyl (C=O) groups excluding carboxylic acids is 1. The Hall–Kier alpha value is -2.46. The molecule has 1 amide bonds. The van der Waals surface area contributed by atoms with E-state index in [2.05, 4.69) is 10.3 Å². The van der Waals surface area contributed by atoms with Crippen LogP contribution in [0, 0.1) is 6.92 Å². The summed E-state index contributed by atoms with van der Waals surface area (Å²) in [6, 6.07) is 13.4. The monoisotopic (exact) mass is 328 g/mol. The first-order valence-corrected chi connectivity index (χ1v) is 7.66. The van der Waals surface area contributed by atoms with Crippen molar-refractivity contribution in [1.82, 2.24) is 10.3 Å². The van der Waals surface area contributed by atoms with Gasteiger partial charge in [0.1, 0.15) is 11.4 Å². The van der Waals surface area contributed by atoms with Crippen LogP contribution in [0.2, 0.25) is 5.02 Å². The Morgan fingerprint density at radius 3 is 2.83 bits per heavy atom. The van der Waals surface area contributed by atoms with Gasteiger partial charge in [-0.15, -0.1) is 0 Å². The van der Waals surface area contributed by atoms with Crippen molar-refractivity contribution in [1.29, 1.82) is 0 Å². The Bertz CT molecular complexity index is 871. The van der Waals surface area contributed by atoms with Crippen molar-refractivity contribution < 1.29 is 9.53 Å². The molecule has 3 rings (SSSR count). The van der Waals surface area contributed by atoms with E-state index < -0.39 is 0 Å². The fourth-order valence-corrected chi connectivity index (χ4v) is 2.83. The number of rotatable bonds is 4. The van der Waals surface area contributed by atoms with Gasteiger partial charge >= 0.3 is 0 Å². The van der Waals surface area contributed by atoms with Crippen LogP contribution in [0.25, 0.3) is 10.9 Å². The second-order valence-corrected chi connectivity index (χ2v) is 5.74. The van der Waals surface area contributed by atoms with Crippen LogP contribution < -0.4 is 10.1 Å². The first-order chi connectivity index (χ1) is 11.1. The quantitative estimate of drug-likeness (QED) is 0.758. The molecule has 23 heavy (non-hydrogen) atoms. The molecule has 0 unspecified atom stereocenters. The van der Waals surface area contributed by atoms with Crippen molar-refractivity contribution in [3.05, 3.63) is 64.3 Å². The lowest BCUT2D eigenvalue weighted by Crippen LogP contribution is -2.23. The van der Waals surface area contributed by atoms with E-state index >= 15 is 0 Å². The van der Waals surface area contributed by atoms with E-state index in [0.717, 1.165) is 27.8 Å². The first-order valence-electron chi connectivity index (χ1n) is 7.28. The number of methoxy groups -OCH3 is 1. The van der Waals surface area contributed by atoms with Gasteiger partial charge in [0, 0.05) is 23.0 Å². The number of aryl methyl sites for hydroxylation is 1. The molecule has 0 radical (unpaired) electrons. The van der Waals surface area contributed by atoms with Crippen LogP contribution in [0.4, 0.5) is 0 Å². The summed E-state index contributed by atoms with van der Waals surface area (Å²) in [5.41, 5.74) is 3.23. The molecule has 0 spiro atoms. The van der Waals surface area contributed by atoms with Crippen molar-refractivity contribution in [3.8, 4) is 5.75 Å². The fourth-order valence-electron chi connectivity index (χ4n) is 2.54. The second kappa shape index (κ2) is 6.34. The summed E-state index contributed by atoms with van der Waals surface area (Å²) in [6.07, 6.45) is 0. The molecular formula is C18H17ClN2O2. The summed E-state index contributed by atoms with van der Waals surface area (Å²) < 4.78 is 5.28. The zero-order valence-electron chi connectivity index (χ0n) is 12.9. The van der Waals surface area contributed by atoms with E-state index in [4.69, 9.17) is 16.3 Å². The largest absolute Gasteiger partial charge is 0.496 e. The summed E-state index contributed by atoms with van der Waals surface area (Å²) in [4.78, 5) is 15.5. The SMILES string of the molecule is COc1ccccc1CNC(=O)c1[nH]c2ccc(C)cc2c1Cl. The number of amides is 1. The third-order valence-electron chi connectivity index (χ3n) is 3.75. The molecule has 0 aliphatic heterocycles. The van der Waals surface area contributed by atoms with Crippen molar-refractivity contribution in [2.24, 2.45) is 0 Å². The summed E-state index contributed by atoms with van der Waals surface area (Å²) >= 11 is 6.35. The molecular weight excluding hydrogens is 312 g/mol. The predicted molar refractivity (Wildman–Crippen MR) is 92.2 cm³/mol. The summed E-state index contributed by atoms with van der Waals surface area (Å²) in [6.45, 7) is 2.36. The minimum atomic E-state index is -0.241. The number of aromatic amines is 1. The molecule has 5 heteroatoms. The molecule has 1 aromatic heterocycles. The van der Waals surface area contributed by atoms with E-state index in [1.807, 2.05) is 49.4 Å². The standard InChI is InChI=1S/C18H17ClN2O2/c1-11-7-8-14-13(9-11)16(19)17(21-14)18(22)20-10-12-5-3-4-6-15(12)23-2/h3-9,21H,10H2,1-2H3,(H,20,22). The molecule has 0 saturated carbocycles. The zero-order chi connectivity index (χ0) is 16.4. The third kappa shape index (κ3) is 3.03. The minimum Gasteiger partial charge on any atom is -0.496 e. The number of carbonyl (C=O) groups is 1. The van der Waals surface area contributed by atoms with E-state index in [0.29, 0.717) is 17.3 Å². The van der Waals surface area contributed by atoms with Gasteiger partial charge in [-0.3, -0.25) is 4.79 Å². The molecule has 0 aliphatic rings. The number of para-hydroxylation sites is 1. The van der Waals surface area contributed by atoms with Crippen molar-refractivity contribution >= 4 is 28.4 Å². The Labute approximate surface area is 139 Å². The maximum atomic E-state index is 12.4. The number of hydrogen-bond donors (Lipinski definition) is 2. The normalized spacial score (nSPS) is 10.7. The number of halogens is 1. The first kappa shape index (κ1) is 15.4. The number of hydrogen-bond acceptors (Lipinski definition) is 2. The van der Waals surface area contributed by atoms with Gasteiger partial charge in [0.2, 0.25) is 0 Å². The van der Waals surface area contributed by atoms with Gasteiger partial charge in [0.05, 0.1) is 12.1 Å². The van der Waals surface area contributed by atoms with Crippen LogP contribution in [-0.2, 0) is 6.54 Å². The number of fused-ring (bicyclic) bond motifs is 1. The average molecular weight is 329 g/mol. The third-order valence-corrected chi connectivity index (χ3v) is 4.14. The highest BCUT2D eigenvalue weighted by molar-refractivity contribution is 6.38. The molecule has 0 fully saturated rings. The van der Waals surface area contributed by atoms with Gasteiger partial charge in [0.15, 0.2) is 0 Å². The van der Waals surface area contributed by atoms with Crippen LogP contribution >= 0.6 is 11.6 Å². The lowest BCUT2D eigenvalue weighted by atomic mass is 10.2. The van der Waals surface area contributed by atoms with Crippen molar-refractivity contribution in [2.75, 3.05) is 7.11 Å². The maximum absolute atomic E-state index is 12.4. The Kier molecular flexibility index (Phi) is 4.26. The molecule has 0 saturated heterocycles. The van der Waals surface area contributed by atoms with Gasteiger partial charge in [-0.1, -0.05) is 41.4 Å². The van der Waals surface area contributed by atoms with E-state index in [9.17, 15) is 4.79 Å². The minimum absolute atomic E-state index is 0.241. The predicted octanol–water partition coefficient (Wildman–Crippen LogP) is 4.07. The molecule has 0 atom stereocenters.